The number of benzene rings is 1. The molecular formula is C11H17NO2. The average molecular weight is 195 g/mol. The molecule has 0 unspecified atom stereocenters. The van der Waals surface area contributed by atoms with Crippen LogP contribution in [0.2, 0.25) is 0 Å². The van der Waals surface area contributed by atoms with Crippen LogP contribution < -0.4 is 15.2 Å². The van der Waals surface area contributed by atoms with Gasteiger partial charge in [0.1, 0.15) is 11.5 Å². The van der Waals surface area contributed by atoms with Crippen LogP contribution in [-0.4, -0.2) is 13.2 Å². The minimum atomic E-state index is 0.650. The Morgan fingerprint density at radius 3 is 2.64 bits per heavy atom. The topological polar surface area (TPSA) is 44.5 Å². The Hall–Kier alpha value is -1.38. The first kappa shape index (κ1) is 10.7. The van der Waals surface area contributed by atoms with E-state index >= 15 is 0 Å². The van der Waals surface area contributed by atoms with Crippen molar-refractivity contribution in [1.82, 2.24) is 0 Å². The Bertz CT molecular complexity index is 287. The smallest absolute Gasteiger partial charge is 0.145 e. The third-order valence-corrected chi connectivity index (χ3v) is 1.76. The number of rotatable bonds is 5. The van der Waals surface area contributed by atoms with E-state index in [0.29, 0.717) is 24.7 Å². The van der Waals surface area contributed by atoms with Crippen molar-refractivity contribution >= 4 is 5.69 Å². The molecule has 0 radical (unpaired) electrons. The molecule has 3 heteroatoms. The third-order valence-electron chi connectivity index (χ3n) is 1.76. The summed E-state index contributed by atoms with van der Waals surface area (Å²) in [5, 5.41) is 0. The first-order valence-corrected chi connectivity index (χ1v) is 4.93. The Labute approximate surface area is 84.8 Å². The number of hydrogen-bond acceptors (Lipinski definition) is 3. The van der Waals surface area contributed by atoms with E-state index < -0.39 is 0 Å². The van der Waals surface area contributed by atoms with Gasteiger partial charge in [0.25, 0.3) is 0 Å². The third kappa shape index (κ3) is 2.83. The molecule has 0 amide bonds. The van der Waals surface area contributed by atoms with E-state index in [-0.39, 0.29) is 0 Å². The summed E-state index contributed by atoms with van der Waals surface area (Å²) in [7, 11) is 0. The first-order valence-electron chi connectivity index (χ1n) is 4.93. The normalized spacial score (nSPS) is 9.86. The van der Waals surface area contributed by atoms with Gasteiger partial charge in [0.05, 0.1) is 18.9 Å². The van der Waals surface area contributed by atoms with Crippen molar-refractivity contribution in [3.05, 3.63) is 18.2 Å². The zero-order valence-corrected chi connectivity index (χ0v) is 8.75. The highest BCUT2D eigenvalue weighted by molar-refractivity contribution is 5.55. The quantitative estimate of drug-likeness (QED) is 0.734. The molecule has 1 aromatic rings. The van der Waals surface area contributed by atoms with Crippen molar-refractivity contribution in [3.63, 3.8) is 0 Å². The van der Waals surface area contributed by atoms with Crippen molar-refractivity contribution < 1.29 is 9.47 Å². The zero-order valence-electron chi connectivity index (χ0n) is 8.75. The number of ether oxygens (including phenoxy) is 2. The van der Waals surface area contributed by atoms with Gasteiger partial charge in [-0.15, -0.1) is 0 Å². The van der Waals surface area contributed by atoms with Crippen molar-refractivity contribution in [3.8, 4) is 11.5 Å². The molecule has 0 aliphatic carbocycles. The summed E-state index contributed by atoms with van der Waals surface area (Å²) in [6.07, 6.45) is 0.971. The fourth-order valence-electron chi connectivity index (χ4n) is 1.11. The van der Waals surface area contributed by atoms with E-state index in [2.05, 4.69) is 6.92 Å². The van der Waals surface area contributed by atoms with Crippen LogP contribution in [0, 0.1) is 0 Å². The molecule has 78 valence electrons. The summed E-state index contributed by atoms with van der Waals surface area (Å²) in [5.41, 5.74) is 6.40. The second-order valence-corrected chi connectivity index (χ2v) is 2.98. The van der Waals surface area contributed by atoms with Crippen LogP contribution in [0.1, 0.15) is 20.3 Å². The van der Waals surface area contributed by atoms with Gasteiger partial charge >= 0.3 is 0 Å². The molecule has 0 fully saturated rings. The Balaban J connectivity index is 2.74. The van der Waals surface area contributed by atoms with Gasteiger partial charge in [-0.05, 0) is 25.5 Å². The van der Waals surface area contributed by atoms with Crippen LogP contribution in [0.25, 0.3) is 0 Å². The average Bonchev–Trinajstić information content (AvgIpc) is 2.19. The van der Waals surface area contributed by atoms with E-state index in [1.165, 1.54) is 0 Å². The molecule has 2 N–H and O–H groups in total. The van der Waals surface area contributed by atoms with E-state index in [1.807, 2.05) is 19.1 Å². The Kier molecular flexibility index (Phi) is 4.11. The highest BCUT2D eigenvalue weighted by atomic mass is 16.5. The predicted molar refractivity (Wildman–Crippen MR) is 57.8 cm³/mol. The standard InChI is InChI=1S/C11H17NO2/c1-3-7-14-11-8-9(13-4-2)5-6-10(11)12/h5-6,8H,3-4,7,12H2,1-2H3. The molecular weight excluding hydrogens is 178 g/mol. The van der Waals surface area contributed by atoms with Crippen LogP contribution in [0.3, 0.4) is 0 Å². The Morgan fingerprint density at radius 1 is 1.21 bits per heavy atom. The van der Waals surface area contributed by atoms with Crippen molar-refractivity contribution in [2.24, 2.45) is 0 Å². The predicted octanol–water partition coefficient (Wildman–Crippen LogP) is 2.46. The van der Waals surface area contributed by atoms with Crippen LogP contribution >= 0.6 is 0 Å². The van der Waals surface area contributed by atoms with E-state index in [0.717, 1.165) is 12.2 Å². The van der Waals surface area contributed by atoms with Crippen LogP contribution in [0.5, 0.6) is 11.5 Å². The highest BCUT2D eigenvalue weighted by Crippen LogP contribution is 2.26. The largest absolute Gasteiger partial charge is 0.494 e. The molecule has 0 aliphatic heterocycles. The van der Waals surface area contributed by atoms with Crippen LogP contribution in [-0.2, 0) is 0 Å². The minimum absolute atomic E-state index is 0.650. The molecule has 0 bridgehead atoms. The number of nitrogen functional groups attached to an aromatic ring is 1. The molecule has 3 nitrogen and oxygen atoms in total. The highest BCUT2D eigenvalue weighted by Gasteiger charge is 2.02. The lowest BCUT2D eigenvalue weighted by Crippen LogP contribution is -2.00. The molecule has 0 spiro atoms. The lowest BCUT2D eigenvalue weighted by Gasteiger charge is -2.10. The maximum atomic E-state index is 5.75. The summed E-state index contributed by atoms with van der Waals surface area (Å²) >= 11 is 0. The van der Waals surface area contributed by atoms with E-state index in [9.17, 15) is 0 Å². The second-order valence-electron chi connectivity index (χ2n) is 2.98. The fourth-order valence-corrected chi connectivity index (χ4v) is 1.11. The molecule has 0 atom stereocenters. The molecule has 1 aromatic carbocycles. The molecule has 14 heavy (non-hydrogen) atoms. The van der Waals surface area contributed by atoms with Gasteiger partial charge < -0.3 is 15.2 Å². The van der Waals surface area contributed by atoms with Crippen molar-refractivity contribution in [1.29, 1.82) is 0 Å². The van der Waals surface area contributed by atoms with Gasteiger partial charge in [0.15, 0.2) is 0 Å². The van der Waals surface area contributed by atoms with E-state index in [1.54, 1.807) is 6.07 Å². The van der Waals surface area contributed by atoms with Gasteiger partial charge in [-0.25, -0.2) is 0 Å². The number of anilines is 1. The van der Waals surface area contributed by atoms with Crippen molar-refractivity contribution in [2.75, 3.05) is 18.9 Å². The number of nitrogens with two attached hydrogens (primary N) is 1. The summed E-state index contributed by atoms with van der Waals surface area (Å²) < 4.78 is 10.8. The minimum Gasteiger partial charge on any atom is -0.494 e. The van der Waals surface area contributed by atoms with Gasteiger partial charge in [-0.1, -0.05) is 6.92 Å². The van der Waals surface area contributed by atoms with Gasteiger partial charge in [-0.3, -0.25) is 0 Å². The summed E-state index contributed by atoms with van der Waals surface area (Å²) in [4.78, 5) is 0. The molecule has 1 rings (SSSR count). The summed E-state index contributed by atoms with van der Waals surface area (Å²) in [6, 6.07) is 5.47. The van der Waals surface area contributed by atoms with Crippen molar-refractivity contribution in [2.45, 2.75) is 20.3 Å². The lowest BCUT2D eigenvalue weighted by molar-refractivity contribution is 0.310. The maximum absolute atomic E-state index is 5.75. The molecule has 0 saturated carbocycles. The van der Waals surface area contributed by atoms with E-state index in [4.69, 9.17) is 15.2 Å². The zero-order chi connectivity index (χ0) is 10.4. The van der Waals surface area contributed by atoms with Crippen LogP contribution in [0.4, 0.5) is 5.69 Å². The number of hydrogen-bond donors (Lipinski definition) is 1. The molecule has 0 aliphatic rings. The first-order chi connectivity index (χ1) is 6.77. The molecule has 0 heterocycles. The van der Waals surface area contributed by atoms with Gasteiger partial charge in [-0.2, -0.15) is 0 Å². The Morgan fingerprint density at radius 2 is 2.00 bits per heavy atom. The molecule has 0 aromatic heterocycles. The second kappa shape index (κ2) is 5.37. The summed E-state index contributed by atoms with van der Waals surface area (Å²) in [6.45, 7) is 5.34. The SMILES string of the molecule is CCCOc1cc(OCC)ccc1N. The van der Waals surface area contributed by atoms with Gasteiger partial charge in [0.2, 0.25) is 0 Å². The maximum Gasteiger partial charge on any atom is 0.145 e. The lowest BCUT2D eigenvalue weighted by atomic mass is 10.3. The fraction of sp³-hybridized carbons (Fsp3) is 0.455. The monoisotopic (exact) mass is 195 g/mol. The van der Waals surface area contributed by atoms with Crippen LogP contribution in [0.15, 0.2) is 18.2 Å². The van der Waals surface area contributed by atoms with Gasteiger partial charge in [0, 0.05) is 6.07 Å². The summed E-state index contributed by atoms with van der Waals surface area (Å²) in [5.74, 6) is 1.51. The molecule has 0 saturated heterocycles.